The monoisotopic (exact) mass is 575 g/mol. The highest BCUT2D eigenvalue weighted by molar-refractivity contribution is 5.80. The number of carbonyl (C=O) groups is 4. The van der Waals surface area contributed by atoms with Crippen LogP contribution < -0.4 is 16.0 Å². The molecule has 0 aromatic heterocycles. The zero-order valence-electron chi connectivity index (χ0n) is 26.4. The van der Waals surface area contributed by atoms with E-state index in [2.05, 4.69) is 29.8 Å². The second kappa shape index (κ2) is 18.4. The number of hydrogen-bond donors (Lipinski definition) is 3. The van der Waals surface area contributed by atoms with Gasteiger partial charge in [0, 0.05) is 31.5 Å². The van der Waals surface area contributed by atoms with E-state index in [9.17, 15) is 19.2 Å². The van der Waals surface area contributed by atoms with Crippen molar-refractivity contribution in [2.75, 3.05) is 19.6 Å². The number of rotatable bonds is 17. The Morgan fingerprint density at radius 2 is 1.37 bits per heavy atom. The van der Waals surface area contributed by atoms with Crippen molar-refractivity contribution in [2.45, 2.75) is 93.3 Å². The molecule has 1 rings (SSSR count). The summed E-state index contributed by atoms with van der Waals surface area (Å²) in [6.07, 6.45) is 1.68. The Labute approximate surface area is 246 Å². The lowest BCUT2D eigenvalue weighted by molar-refractivity contribution is -0.151. The first-order valence-electron chi connectivity index (χ1n) is 14.9. The van der Waals surface area contributed by atoms with E-state index in [0.29, 0.717) is 51.2 Å². The van der Waals surface area contributed by atoms with E-state index < -0.39 is 11.7 Å². The Morgan fingerprint density at radius 3 is 1.95 bits per heavy atom. The summed E-state index contributed by atoms with van der Waals surface area (Å²) in [7, 11) is 0. The summed E-state index contributed by atoms with van der Waals surface area (Å²) in [5, 5.41) is 8.58. The van der Waals surface area contributed by atoms with Crippen LogP contribution in [0.5, 0.6) is 0 Å². The normalized spacial score (nSPS) is 13.7. The molecule has 3 N–H and O–H groups in total. The average Bonchev–Trinajstić information content (AvgIpc) is 2.88. The van der Waals surface area contributed by atoms with E-state index >= 15 is 0 Å². The molecule has 0 bridgehead atoms. The first kappa shape index (κ1) is 35.9. The summed E-state index contributed by atoms with van der Waals surface area (Å²) >= 11 is 0. The maximum absolute atomic E-state index is 12.8. The van der Waals surface area contributed by atoms with Gasteiger partial charge in [-0.3, -0.25) is 14.4 Å². The van der Waals surface area contributed by atoms with Gasteiger partial charge in [0.25, 0.3) is 0 Å². The number of amides is 3. The van der Waals surface area contributed by atoms with E-state index in [1.165, 1.54) is 0 Å². The number of esters is 1. The van der Waals surface area contributed by atoms with Gasteiger partial charge in [-0.15, -0.1) is 0 Å². The van der Waals surface area contributed by atoms with Crippen LogP contribution in [-0.2, 0) is 30.5 Å². The van der Waals surface area contributed by atoms with Gasteiger partial charge < -0.3 is 25.4 Å². The molecular formula is C32H53N3O6. The average molecular weight is 576 g/mol. The Hall–Kier alpha value is -3.10. The van der Waals surface area contributed by atoms with Crippen LogP contribution in [0.4, 0.5) is 4.79 Å². The zero-order chi connectivity index (χ0) is 31.0. The summed E-state index contributed by atoms with van der Waals surface area (Å²) in [6, 6.07) is 9.57. The molecule has 0 aliphatic rings. The van der Waals surface area contributed by atoms with Crippen molar-refractivity contribution in [1.82, 2.24) is 16.0 Å². The molecule has 3 atom stereocenters. The minimum Gasteiger partial charge on any atom is -0.461 e. The van der Waals surface area contributed by atoms with Gasteiger partial charge >= 0.3 is 12.1 Å². The van der Waals surface area contributed by atoms with Crippen molar-refractivity contribution in [3.63, 3.8) is 0 Å². The Bertz CT molecular complexity index is 943. The van der Waals surface area contributed by atoms with Crippen LogP contribution in [0.15, 0.2) is 30.3 Å². The van der Waals surface area contributed by atoms with Crippen molar-refractivity contribution in [3.05, 3.63) is 35.9 Å². The third-order valence-electron chi connectivity index (χ3n) is 6.69. The van der Waals surface area contributed by atoms with Gasteiger partial charge in [0.1, 0.15) is 12.2 Å². The summed E-state index contributed by atoms with van der Waals surface area (Å²) in [6.45, 7) is 16.6. The van der Waals surface area contributed by atoms with Gasteiger partial charge in [-0.1, -0.05) is 65.0 Å². The fourth-order valence-electron chi connectivity index (χ4n) is 4.38. The van der Waals surface area contributed by atoms with Gasteiger partial charge in [0.2, 0.25) is 11.8 Å². The van der Waals surface area contributed by atoms with Crippen LogP contribution in [0, 0.1) is 29.6 Å². The summed E-state index contributed by atoms with van der Waals surface area (Å²) in [5.74, 6) is -0.880. The maximum atomic E-state index is 12.8. The SMILES string of the molecule is CC(C)C[C@H](CCNC(=O)[C@H](C)CCNC(=O)[C@@H](CCNC(=O)OC(C)(C)C)C(C)C)C(=O)OCc1ccccc1. The molecule has 1 aromatic carbocycles. The highest BCUT2D eigenvalue weighted by Crippen LogP contribution is 2.18. The molecule has 0 radical (unpaired) electrons. The molecule has 0 aliphatic carbocycles. The van der Waals surface area contributed by atoms with Crippen molar-refractivity contribution in [3.8, 4) is 0 Å². The predicted molar refractivity (Wildman–Crippen MR) is 161 cm³/mol. The highest BCUT2D eigenvalue weighted by atomic mass is 16.6. The standard InChI is InChI=1S/C32H53N3O6/c1-22(2)20-26(30(38)40-21-25-12-10-9-11-13-25)15-18-33-28(36)24(5)14-17-34-29(37)27(23(3)4)16-19-35-31(39)41-32(6,7)8/h9-13,22-24,26-27H,14-21H2,1-8H3,(H,33,36)(H,34,37)(H,35,39)/t24-,26+,27+/m1/s1. The van der Waals surface area contributed by atoms with Crippen molar-refractivity contribution in [1.29, 1.82) is 0 Å². The van der Waals surface area contributed by atoms with Crippen LogP contribution in [0.3, 0.4) is 0 Å². The molecule has 9 nitrogen and oxygen atoms in total. The van der Waals surface area contributed by atoms with Crippen LogP contribution in [-0.4, -0.2) is 49.1 Å². The largest absolute Gasteiger partial charge is 0.461 e. The number of alkyl carbamates (subject to hydrolysis) is 1. The molecule has 232 valence electrons. The second-order valence-corrected chi connectivity index (χ2v) is 12.5. The lowest BCUT2D eigenvalue weighted by Gasteiger charge is -2.22. The molecule has 0 aliphatic heterocycles. The highest BCUT2D eigenvalue weighted by Gasteiger charge is 2.24. The Balaban J connectivity index is 2.42. The Kier molecular flexibility index (Phi) is 16.1. The van der Waals surface area contributed by atoms with E-state index in [1.54, 1.807) is 20.8 Å². The molecule has 3 amide bonds. The van der Waals surface area contributed by atoms with Crippen molar-refractivity contribution in [2.24, 2.45) is 29.6 Å². The lowest BCUT2D eigenvalue weighted by Crippen LogP contribution is -2.39. The number of ether oxygens (including phenoxy) is 2. The van der Waals surface area contributed by atoms with Crippen LogP contribution >= 0.6 is 0 Å². The summed E-state index contributed by atoms with van der Waals surface area (Å²) in [5.41, 5.74) is 0.363. The van der Waals surface area contributed by atoms with E-state index in [4.69, 9.17) is 9.47 Å². The van der Waals surface area contributed by atoms with Crippen molar-refractivity contribution >= 4 is 23.9 Å². The van der Waals surface area contributed by atoms with Crippen molar-refractivity contribution < 1.29 is 28.7 Å². The molecule has 1 aromatic rings. The minimum atomic E-state index is -0.577. The molecule has 41 heavy (non-hydrogen) atoms. The second-order valence-electron chi connectivity index (χ2n) is 12.5. The molecule has 0 fully saturated rings. The predicted octanol–water partition coefficient (Wildman–Crippen LogP) is 5.23. The van der Waals surface area contributed by atoms with E-state index in [1.807, 2.05) is 51.1 Å². The molecule has 0 unspecified atom stereocenters. The lowest BCUT2D eigenvalue weighted by atomic mass is 9.91. The molecule has 0 saturated heterocycles. The summed E-state index contributed by atoms with van der Waals surface area (Å²) < 4.78 is 10.8. The number of hydrogen-bond acceptors (Lipinski definition) is 6. The number of nitrogens with one attached hydrogen (secondary N) is 3. The molecule has 9 heteroatoms. The number of benzene rings is 1. The van der Waals surface area contributed by atoms with E-state index in [-0.39, 0.29) is 48.1 Å². The summed E-state index contributed by atoms with van der Waals surface area (Å²) in [4.78, 5) is 50.0. The minimum absolute atomic E-state index is 0.0920. The fraction of sp³-hybridized carbons (Fsp3) is 0.688. The smallest absolute Gasteiger partial charge is 0.407 e. The van der Waals surface area contributed by atoms with Crippen LogP contribution in [0.1, 0.15) is 86.6 Å². The third kappa shape index (κ3) is 16.1. The van der Waals surface area contributed by atoms with Gasteiger partial charge in [-0.25, -0.2) is 4.79 Å². The van der Waals surface area contributed by atoms with E-state index in [0.717, 1.165) is 5.56 Å². The van der Waals surface area contributed by atoms with Gasteiger partial charge in [-0.2, -0.15) is 0 Å². The molecule has 0 heterocycles. The maximum Gasteiger partial charge on any atom is 0.407 e. The topological polar surface area (TPSA) is 123 Å². The molecule has 0 spiro atoms. The Morgan fingerprint density at radius 1 is 0.780 bits per heavy atom. The quantitative estimate of drug-likeness (QED) is 0.219. The third-order valence-corrected chi connectivity index (χ3v) is 6.69. The van der Waals surface area contributed by atoms with Gasteiger partial charge in [0.05, 0.1) is 5.92 Å². The van der Waals surface area contributed by atoms with Crippen LogP contribution in [0.2, 0.25) is 0 Å². The van der Waals surface area contributed by atoms with Crippen LogP contribution in [0.25, 0.3) is 0 Å². The zero-order valence-corrected chi connectivity index (χ0v) is 26.4. The first-order valence-corrected chi connectivity index (χ1v) is 14.9. The van der Waals surface area contributed by atoms with Gasteiger partial charge in [0.15, 0.2) is 0 Å². The molecular weight excluding hydrogens is 522 g/mol. The first-order chi connectivity index (χ1) is 19.2. The van der Waals surface area contributed by atoms with Gasteiger partial charge in [-0.05, 0) is 63.9 Å². The number of carbonyl (C=O) groups excluding carboxylic acids is 4. The molecule has 0 saturated carbocycles. The fourth-order valence-corrected chi connectivity index (χ4v) is 4.38.